The highest BCUT2D eigenvalue weighted by atomic mass is 16.4. The van der Waals surface area contributed by atoms with Crippen LogP contribution in [-0.2, 0) is 14.4 Å². The van der Waals surface area contributed by atoms with Crippen molar-refractivity contribution in [3.8, 4) is 0 Å². The summed E-state index contributed by atoms with van der Waals surface area (Å²) in [5.41, 5.74) is -0.221. The summed E-state index contributed by atoms with van der Waals surface area (Å²) in [5.74, 6) is -2.77. The molecule has 2 N–H and O–H groups in total. The van der Waals surface area contributed by atoms with Crippen molar-refractivity contribution in [3.05, 3.63) is 12.2 Å². The highest BCUT2D eigenvalue weighted by molar-refractivity contribution is 5.94. The van der Waals surface area contributed by atoms with Gasteiger partial charge >= 0.3 is 11.9 Å². The summed E-state index contributed by atoms with van der Waals surface area (Å²) in [6.45, 7) is 3.60. The van der Waals surface area contributed by atoms with Gasteiger partial charge in [-0.15, -0.1) is 0 Å². The van der Waals surface area contributed by atoms with E-state index in [0.717, 1.165) is 0 Å². The Balaban J connectivity index is 2.63. The standard InChI is InChI=1S/C10H13NO5/c1-6(9(13)14)5-8(12)11-4-2-3-7(11)10(15)16/h7H,1-5H2,(H,13,14)(H,15,16)/t7-/m0/s1. The molecular weight excluding hydrogens is 214 g/mol. The van der Waals surface area contributed by atoms with E-state index in [-0.39, 0.29) is 12.0 Å². The molecule has 0 saturated carbocycles. The van der Waals surface area contributed by atoms with E-state index in [2.05, 4.69) is 6.58 Å². The second kappa shape index (κ2) is 4.78. The second-order valence-corrected chi connectivity index (χ2v) is 3.67. The number of amides is 1. The topological polar surface area (TPSA) is 94.9 Å². The van der Waals surface area contributed by atoms with Crippen molar-refractivity contribution in [3.63, 3.8) is 0 Å². The van der Waals surface area contributed by atoms with Crippen molar-refractivity contribution in [1.29, 1.82) is 0 Å². The predicted octanol–water partition coefficient (Wildman–Crippen LogP) is 0.0929. The number of carbonyl (C=O) groups excluding carboxylic acids is 1. The molecule has 1 rings (SSSR count). The van der Waals surface area contributed by atoms with Crippen molar-refractivity contribution in [2.75, 3.05) is 6.54 Å². The molecule has 0 aliphatic carbocycles. The predicted molar refractivity (Wildman–Crippen MR) is 53.8 cm³/mol. The largest absolute Gasteiger partial charge is 0.480 e. The van der Waals surface area contributed by atoms with E-state index in [9.17, 15) is 14.4 Å². The van der Waals surface area contributed by atoms with Gasteiger partial charge in [0.1, 0.15) is 6.04 Å². The first-order chi connectivity index (χ1) is 7.43. The smallest absolute Gasteiger partial charge is 0.331 e. The van der Waals surface area contributed by atoms with Crippen molar-refractivity contribution >= 4 is 17.8 Å². The van der Waals surface area contributed by atoms with Gasteiger partial charge in [-0.3, -0.25) is 4.79 Å². The van der Waals surface area contributed by atoms with Crippen molar-refractivity contribution in [1.82, 2.24) is 4.90 Å². The summed E-state index contributed by atoms with van der Waals surface area (Å²) in [4.78, 5) is 34.1. The summed E-state index contributed by atoms with van der Waals surface area (Å²) in [5, 5.41) is 17.4. The molecule has 1 aliphatic rings. The van der Waals surface area contributed by atoms with Crippen LogP contribution in [0.25, 0.3) is 0 Å². The molecule has 6 heteroatoms. The molecule has 0 aromatic carbocycles. The molecule has 0 aromatic heterocycles. The van der Waals surface area contributed by atoms with Gasteiger partial charge in [-0.1, -0.05) is 6.58 Å². The van der Waals surface area contributed by atoms with Gasteiger partial charge in [0, 0.05) is 12.1 Å². The molecular formula is C10H13NO5. The fourth-order valence-corrected chi connectivity index (χ4v) is 1.68. The molecule has 1 heterocycles. The number of carbonyl (C=O) groups is 3. The number of nitrogens with zero attached hydrogens (tertiary/aromatic N) is 1. The second-order valence-electron chi connectivity index (χ2n) is 3.67. The number of likely N-dealkylation sites (tertiary alicyclic amines) is 1. The molecule has 1 aliphatic heterocycles. The normalized spacial score (nSPS) is 19.5. The quantitative estimate of drug-likeness (QED) is 0.664. The van der Waals surface area contributed by atoms with Crippen molar-refractivity contribution in [2.45, 2.75) is 25.3 Å². The molecule has 1 fully saturated rings. The Hall–Kier alpha value is -1.85. The Morgan fingerprint density at radius 1 is 1.31 bits per heavy atom. The Kier molecular flexibility index (Phi) is 3.65. The molecule has 1 saturated heterocycles. The van der Waals surface area contributed by atoms with Crippen LogP contribution in [0.3, 0.4) is 0 Å². The number of carboxylic acids is 2. The van der Waals surface area contributed by atoms with Gasteiger partial charge in [-0.05, 0) is 12.8 Å². The Labute approximate surface area is 92.2 Å². The average molecular weight is 227 g/mol. The summed E-state index contributed by atoms with van der Waals surface area (Å²) in [6.07, 6.45) is 0.710. The van der Waals surface area contributed by atoms with E-state index in [0.29, 0.717) is 19.4 Å². The summed E-state index contributed by atoms with van der Waals surface area (Å²) in [7, 11) is 0. The van der Waals surface area contributed by atoms with E-state index in [4.69, 9.17) is 10.2 Å². The SMILES string of the molecule is C=C(CC(=O)N1CCC[C@H]1C(=O)O)C(=O)O. The molecule has 16 heavy (non-hydrogen) atoms. The van der Waals surface area contributed by atoms with Gasteiger partial charge in [-0.2, -0.15) is 0 Å². The van der Waals surface area contributed by atoms with Crippen LogP contribution in [0, 0.1) is 0 Å². The first kappa shape index (κ1) is 12.2. The van der Waals surface area contributed by atoms with Gasteiger partial charge in [0.25, 0.3) is 0 Å². The fraction of sp³-hybridized carbons (Fsp3) is 0.500. The van der Waals surface area contributed by atoms with Crippen LogP contribution in [0.5, 0.6) is 0 Å². The van der Waals surface area contributed by atoms with Gasteiger partial charge < -0.3 is 15.1 Å². The van der Waals surface area contributed by atoms with Gasteiger partial charge in [0.05, 0.1) is 6.42 Å². The van der Waals surface area contributed by atoms with Gasteiger partial charge in [0.15, 0.2) is 0 Å². The monoisotopic (exact) mass is 227 g/mol. The maximum Gasteiger partial charge on any atom is 0.331 e. The van der Waals surface area contributed by atoms with E-state index in [1.165, 1.54) is 4.90 Å². The lowest BCUT2D eigenvalue weighted by Gasteiger charge is -2.21. The molecule has 0 spiro atoms. The molecule has 0 aromatic rings. The lowest BCUT2D eigenvalue weighted by Crippen LogP contribution is -2.40. The van der Waals surface area contributed by atoms with Crippen LogP contribution in [0.4, 0.5) is 0 Å². The number of rotatable bonds is 4. The van der Waals surface area contributed by atoms with Crippen LogP contribution in [0.2, 0.25) is 0 Å². The maximum atomic E-state index is 11.6. The van der Waals surface area contributed by atoms with Crippen molar-refractivity contribution < 1.29 is 24.6 Å². The Morgan fingerprint density at radius 3 is 2.44 bits per heavy atom. The minimum atomic E-state index is -1.24. The molecule has 0 unspecified atom stereocenters. The Morgan fingerprint density at radius 2 is 1.94 bits per heavy atom. The summed E-state index contributed by atoms with van der Waals surface area (Å²) < 4.78 is 0. The first-order valence-electron chi connectivity index (χ1n) is 4.87. The number of hydrogen-bond donors (Lipinski definition) is 2. The maximum absolute atomic E-state index is 11.6. The van der Waals surface area contributed by atoms with Crippen LogP contribution in [-0.4, -0.2) is 45.5 Å². The van der Waals surface area contributed by atoms with E-state index in [1.54, 1.807) is 0 Å². The highest BCUT2D eigenvalue weighted by Gasteiger charge is 2.34. The van der Waals surface area contributed by atoms with Crippen LogP contribution in [0.1, 0.15) is 19.3 Å². The Bertz CT molecular complexity index is 349. The van der Waals surface area contributed by atoms with Crippen molar-refractivity contribution in [2.24, 2.45) is 0 Å². The highest BCUT2D eigenvalue weighted by Crippen LogP contribution is 2.19. The third-order valence-corrected chi connectivity index (χ3v) is 2.53. The molecule has 0 bridgehead atoms. The molecule has 0 radical (unpaired) electrons. The average Bonchev–Trinajstić information content (AvgIpc) is 2.65. The third kappa shape index (κ3) is 2.59. The van der Waals surface area contributed by atoms with Gasteiger partial charge in [0.2, 0.25) is 5.91 Å². The number of carboxylic acid groups (broad SMARTS) is 2. The third-order valence-electron chi connectivity index (χ3n) is 2.53. The number of hydrogen-bond acceptors (Lipinski definition) is 3. The van der Waals surface area contributed by atoms with E-state index < -0.39 is 23.9 Å². The molecule has 88 valence electrons. The van der Waals surface area contributed by atoms with E-state index >= 15 is 0 Å². The molecule has 6 nitrogen and oxygen atoms in total. The first-order valence-corrected chi connectivity index (χ1v) is 4.87. The number of aliphatic carboxylic acids is 2. The minimum Gasteiger partial charge on any atom is -0.480 e. The summed E-state index contributed by atoms with van der Waals surface area (Å²) in [6, 6.07) is -0.825. The molecule has 1 atom stereocenters. The fourth-order valence-electron chi connectivity index (χ4n) is 1.68. The summed E-state index contributed by atoms with van der Waals surface area (Å²) >= 11 is 0. The minimum absolute atomic E-state index is 0.221. The lowest BCUT2D eigenvalue weighted by atomic mass is 10.2. The zero-order valence-corrected chi connectivity index (χ0v) is 8.68. The van der Waals surface area contributed by atoms with Gasteiger partial charge in [-0.25, -0.2) is 9.59 Å². The van der Waals surface area contributed by atoms with Crippen LogP contribution < -0.4 is 0 Å². The zero-order chi connectivity index (χ0) is 12.3. The molecule has 1 amide bonds. The van der Waals surface area contributed by atoms with Crippen LogP contribution in [0.15, 0.2) is 12.2 Å². The van der Waals surface area contributed by atoms with E-state index in [1.807, 2.05) is 0 Å². The zero-order valence-electron chi connectivity index (χ0n) is 8.68. The lowest BCUT2D eigenvalue weighted by molar-refractivity contribution is -0.148. The van der Waals surface area contributed by atoms with Crippen LogP contribution >= 0.6 is 0 Å².